The predicted octanol–water partition coefficient (Wildman–Crippen LogP) is 7.34. The lowest BCUT2D eigenvalue weighted by Crippen LogP contribution is -2.12. The minimum absolute atomic E-state index is 0.00718. The smallest absolute Gasteiger partial charge is 0.126 e. The van der Waals surface area contributed by atoms with E-state index in [1.54, 1.807) is 11.6 Å². The van der Waals surface area contributed by atoms with E-state index in [-0.39, 0.29) is 12.4 Å². The first kappa shape index (κ1) is 25.7. The van der Waals surface area contributed by atoms with Gasteiger partial charge in [0, 0.05) is 11.3 Å². The molecular weight excluding hydrogens is 421 g/mol. The quantitative estimate of drug-likeness (QED) is 0.491. The summed E-state index contributed by atoms with van der Waals surface area (Å²) in [6.45, 7) is 11.9. The van der Waals surface area contributed by atoms with Gasteiger partial charge in [-0.25, -0.2) is 4.39 Å². The monoisotopic (exact) mass is 459 g/mol. The lowest BCUT2D eigenvalue weighted by atomic mass is 9.80. The SMILES string of the molecule is C/C=C\C1=C(Cc2ccc(C)c(F)c2)C=C2CCC(C)C2C1.C=C(N)c1ccc(C)cc1CO. The van der Waals surface area contributed by atoms with Gasteiger partial charge in [0.2, 0.25) is 0 Å². The number of aliphatic hydroxyl groups excluding tert-OH is 1. The molecule has 0 bridgehead atoms. The molecule has 34 heavy (non-hydrogen) atoms. The maximum atomic E-state index is 13.8. The summed E-state index contributed by atoms with van der Waals surface area (Å²) in [5.74, 6) is 1.43. The first-order valence-electron chi connectivity index (χ1n) is 12.2. The third-order valence-electron chi connectivity index (χ3n) is 7.04. The molecule has 2 nitrogen and oxygen atoms in total. The van der Waals surface area contributed by atoms with Gasteiger partial charge >= 0.3 is 0 Å². The Morgan fingerprint density at radius 2 is 1.97 bits per heavy atom. The van der Waals surface area contributed by atoms with Crippen molar-refractivity contribution < 1.29 is 9.50 Å². The molecule has 3 N–H and O–H groups in total. The van der Waals surface area contributed by atoms with E-state index in [1.807, 2.05) is 38.1 Å². The Kier molecular flexibility index (Phi) is 8.68. The molecule has 0 saturated heterocycles. The van der Waals surface area contributed by atoms with Gasteiger partial charge in [-0.05, 0) is 92.2 Å². The highest BCUT2D eigenvalue weighted by Gasteiger charge is 2.31. The number of hydrogen-bond acceptors (Lipinski definition) is 2. The topological polar surface area (TPSA) is 46.2 Å². The van der Waals surface area contributed by atoms with Crippen molar-refractivity contribution in [2.75, 3.05) is 0 Å². The average Bonchev–Trinajstić information content (AvgIpc) is 3.16. The summed E-state index contributed by atoms with van der Waals surface area (Å²) in [6.07, 6.45) is 11.3. The molecule has 180 valence electrons. The van der Waals surface area contributed by atoms with Crippen LogP contribution in [0.15, 0.2) is 77.9 Å². The number of aliphatic hydroxyl groups is 1. The molecule has 0 radical (unpaired) electrons. The minimum atomic E-state index is -0.0958. The van der Waals surface area contributed by atoms with Crippen LogP contribution in [0, 0.1) is 31.5 Å². The van der Waals surface area contributed by atoms with Gasteiger partial charge in [-0.1, -0.05) is 73.2 Å². The molecule has 1 saturated carbocycles. The van der Waals surface area contributed by atoms with E-state index >= 15 is 0 Å². The molecule has 0 spiro atoms. The van der Waals surface area contributed by atoms with Crippen molar-refractivity contribution in [3.63, 3.8) is 0 Å². The van der Waals surface area contributed by atoms with Crippen molar-refractivity contribution in [3.8, 4) is 0 Å². The highest BCUT2D eigenvalue weighted by Crippen LogP contribution is 2.44. The van der Waals surface area contributed by atoms with Crippen molar-refractivity contribution >= 4 is 5.70 Å². The van der Waals surface area contributed by atoms with E-state index in [4.69, 9.17) is 10.8 Å². The number of halogens is 1. The number of rotatable bonds is 5. The maximum Gasteiger partial charge on any atom is 0.126 e. The van der Waals surface area contributed by atoms with Gasteiger partial charge in [-0.3, -0.25) is 0 Å². The summed E-state index contributed by atoms with van der Waals surface area (Å²) in [4.78, 5) is 0. The third-order valence-corrected chi connectivity index (χ3v) is 7.04. The van der Waals surface area contributed by atoms with Gasteiger partial charge in [0.1, 0.15) is 5.82 Å². The van der Waals surface area contributed by atoms with Gasteiger partial charge in [0.15, 0.2) is 0 Å². The van der Waals surface area contributed by atoms with Crippen molar-refractivity contribution in [2.24, 2.45) is 17.6 Å². The van der Waals surface area contributed by atoms with E-state index in [2.05, 4.69) is 44.7 Å². The summed E-state index contributed by atoms with van der Waals surface area (Å²) >= 11 is 0. The molecule has 2 aliphatic carbocycles. The molecule has 3 heteroatoms. The van der Waals surface area contributed by atoms with E-state index in [0.29, 0.717) is 5.70 Å². The van der Waals surface area contributed by atoms with E-state index in [0.717, 1.165) is 52.5 Å². The van der Waals surface area contributed by atoms with Crippen LogP contribution in [0.4, 0.5) is 4.39 Å². The number of allylic oxidation sites excluding steroid dienone is 6. The summed E-state index contributed by atoms with van der Waals surface area (Å²) in [5, 5.41) is 9.00. The normalized spacial score (nSPS) is 19.5. The highest BCUT2D eigenvalue weighted by atomic mass is 19.1. The lowest BCUT2D eigenvalue weighted by molar-refractivity contribution is 0.281. The third kappa shape index (κ3) is 6.15. The Hall–Kier alpha value is -2.91. The maximum absolute atomic E-state index is 13.8. The highest BCUT2D eigenvalue weighted by molar-refractivity contribution is 5.63. The van der Waals surface area contributed by atoms with Crippen molar-refractivity contribution in [3.05, 3.63) is 112 Å². The number of aryl methyl sites for hydroxylation is 2. The molecule has 2 aromatic carbocycles. The molecule has 0 amide bonds. The van der Waals surface area contributed by atoms with Gasteiger partial charge in [0.05, 0.1) is 6.61 Å². The Morgan fingerprint density at radius 1 is 1.21 bits per heavy atom. The molecule has 2 atom stereocenters. The Bertz CT molecular complexity index is 1140. The second-order valence-electron chi connectivity index (χ2n) is 9.70. The van der Waals surface area contributed by atoms with Crippen LogP contribution in [0.5, 0.6) is 0 Å². The molecule has 2 aliphatic rings. The van der Waals surface area contributed by atoms with Crippen molar-refractivity contribution in [1.29, 1.82) is 0 Å². The zero-order chi connectivity index (χ0) is 24.8. The predicted molar refractivity (Wildman–Crippen MR) is 142 cm³/mol. The van der Waals surface area contributed by atoms with E-state index in [9.17, 15) is 4.39 Å². The molecular formula is C31H38FNO. The fraction of sp³-hybridized carbons (Fsp3) is 0.355. The molecule has 1 fully saturated rings. The van der Waals surface area contributed by atoms with Crippen LogP contribution >= 0.6 is 0 Å². The summed E-state index contributed by atoms with van der Waals surface area (Å²) < 4.78 is 13.8. The number of fused-ring (bicyclic) bond motifs is 1. The van der Waals surface area contributed by atoms with Crippen LogP contribution in [-0.4, -0.2) is 5.11 Å². The number of hydrogen-bond donors (Lipinski definition) is 2. The number of nitrogens with two attached hydrogens (primary N) is 1. The Morgan fingerprint density at radius 3 is 2.62 bits per heavy atom. The largest absolute Gasteiger partial charge is 0.399 e. The minimum Gasteiger partial charge on any atom is -0.399 e. The molecule has 2 aromatic rings. The van der Waals surface area contributed by atoms with E-state index < -0.39 is 0 Å². The standard InChI is InChI=1S/C21H25F.C10H13NO/c1-4-5-17-13-20-14(2)7-9-18(20)12-19(17)10-16-8-6-15(3)21(22)11-16;1-7-3-4-10(8(2)11)9(5-7)6-12/h4-6,8,11-12,14,20H,7,9-10,13H2,1-3H3;3-5,12H,2,6,11H2,1H3/b5-4-;. The van der Waals surface area contributed by atoms with Gasteiger partial charge in [-0.2, -0.15) is 0 Å². The van der Waals surface area contributed by atoms with E-state index in [1.165, 1.54) is 24.0 Å². The first-order valence-corrected chi connectivity index (χ1v) is 12.2. The molecule has 2 unspecified atom stereocenters. The zero-order valence-corrected chi connectivity index (χ0v) is 21.0. The van der Waals surface area contributed by atoms with Crippen LogP contribution in [-0.2, 0) is 13.0 Å². The number of benzene rings is 2. The zero-order valence-electron chi connectivity index (χ0n) is 21.0. The average molecular weight is 460 g/mol. The van der Waals surface area contributed by atoms with Crippen LogP contribution in [0.25, 0.3) is 5.70 Å². The summed E-state index contributed by atoms with van der Waals surface area (Å²) in [5.41, 5.74) is 15.0. The lowest BCUT2D eigenvalue weighted by Gasteiger charge is -2.25. The van der Waals surface area contributed by atoms with Gasteiger partial charge in [-0.15, -0.1) is 0 Å². The fourth-order valence-electron chi connectivity index (χ4n) is 5.02. The Labute approximate surface area is 204 Å². The molecule has 0 aliphatic heterocycles. The summed E-state index contributed by atoms with van der Waals surface area (Å²) in [6, 6.07) is 11.4. The molecule has 0 aromatic heterocycles. The van der Waals surface area contributed by atoms with Crippen LogP contribution in [0.1, 0.15) is 60.9 Å². The van der Waals surface area contributed by atoms with Gasteiger partial charge in [0.25, 0.3) is 0 Å². The van der Waals surface area contributed by atoms with Crippen LogP contribution in [0.2, 0.25) is 0 Å². The first-order chi connectivity index (χ1) is 16.2. The molecule has 4 rings (SSSR count). The molecule has 0 heterocycles. The fourth-order valence-corrected chi connectivity index (χ4v) is 5.02. The second-order valence-corrected chi connectivity index (χ2v) is 9.70. The second kappa shape index (κ2) is 11.5. The van der Waals surface area contributed by atoms with Crippen molar-refractivity contribution in [1.82, 2.24) is 0 Å². The summed E-state index contributed by atoms with van der Waals surface area (Å²) in [7, 11) is 0. The Balaban J connectivity index is 0.000000229. The van der Waals surface area contributed by atoms with Crippen LogP contribution in [0.3, 0.4) is 0 Å². The van der Waals surface area contributed by atoms with Crippen LogP contribution < -0.4 is 5.73 Å². The van der Waals surface area contributed by atoms with Crippen molar-refractivity contribution in [2.45, 2.75) is 60.0 Å². The van der Waals surface area contributed by atoms with Gasteiger partial charge < -0.3 is 10.8 Å².